The van der Waals surface area contributed by atoms with Crippen LogP contribution in [0.25, 0.3) is 0 Å². The molecular formula is C22H29N3O4S. The molecule has 0 aliphatic carbocycles. The average molecular weight is 432 g/mol. The molecule has 1 fully saturated rings. The van der Waals surface area contributed by atoms with E-state index < -0.39 is 16.1 Å². The molecule has 1 saturated heterocycles. The summed E-state index contributed by atoms with van der Waals surface area (Å²) in [6.45, 7) is 9.10. The summed E-state index contributed by atoms with van der Waals surface area (Å²) in [6.07, 6.45) is -0.689. The van der Waals surface area contributed by atoms with Crippen LogP contribution in [0.5, 0.6) is 5.75 Å². The number of anilines is 1. The van der Waals surface area contributed by atoms with Gasteiger partial charge in [0.05, 0.1) is 4.90 Å². The first-order valence-corrected chi connectivity index (χ1v) is 11.6. The number of aryl methyl sites for hydroxylation is 1. The summed E-state index contributed by atoms with van der Waals surface area (Å²) < 4.78 is 32.9. The van der Waals surface area contributed by atoms with E-state index in [1.54, 1.807) is 19.1 Å². The molecule has 0 radical (unpaired) electrons. The van der Waals surface area contributed by atoms with E-state index in [-0.39, 0.29) is 10.8 Å². The van der Waals surface area contributed by atoms with Gasteiger partial charge >= 0.3 is 0 Å². The van der Waals surface area contributed by atoms with Crippen molar-refractivity contribution in [3.05, 3.63) is 54.1 Å². The Morgan fingerprint density at radius 1 is 1.03 bits per heavy atom. The molecule has 0 saturated carbocycles. The number of piperazine rings is 1. The second-order valence-corrected chi connectivity index (χ2v) is 9.36. The fraction of sp³-hybridized carbons (Fsp3) is 0.409. The van der Waals surface area contributed by atoms with Gasteiger partial charge in [-0.05, 0) is 56.8 Å². The number of hydrogen-bond donors (Lipinski definition) is 1. The van der Waals surface area contributed by atoms with Crippen molar-refractivity contribution in [3.8, 4) is 5.75 Å². The number of ether oxygens (including phenoxy) is 1. The first-order chi connectivity index (χ1) is 14.3. The molecule has 2 aromatic carbocycles. The molecule has 1 amide bonds. The molecule has 0 bridgehead atoms. The van der Waals surface area contributed by atoms with Crippen LogP contribution in [0, 0.1) is 6.92 Å². The maximum atomic E-state index is 12.9. The first-order valence-electron chi connectivity index (χ1n) is 10.2. The monoisotopic (exact) mass is 431 g/mol. The van der Waals surface area contributed by atoms with Crippen LogP contribution in [0.3, 0.4) is 0 Å². The van der Waals surface area contributed by atoms with Crippen LogP contribution in [0.4, 0.5) is 5.69 Å². The second kappa shape index (κ2) is 9.59. The summed E-state index contributed by atoms with van der Waals surface area (Å²) in [5, 5.41) is 2.77. The molecule has 162 valence electrons. The van der Waals surface area contributed by atoms with Crippen molar-refractivity contribution in [2.24, 2.45) is 0 Å². The fourth-order valence-electron chi connectivity index (χ4n) is 3.26. The van der Waals surface area contributed by atoms with Crippen LogP contribution < -0.4 is 10.1 Å². The highest BCUT2D eigenvalue weighted by molar-refractivity contribution is 7.89. The zero-order chi connectivity index (χ0) is 21.7. The lowest BCUT2D eigenvalue weighted by Gasteiger charge is -2.33. The van der Waals surface area contributed by atoms with Crippen LogP contribution in [0.15, 0.2) is 53.4 Å². The van der Waals surface area contributed by atoms with E-state index in [4.69, 9.17) is 4.74 Å². The Bertz CT molecular complexity index is 951. The van der Waals surface area contributed by atoms with Gasteiger partial charge < -0.3 is 15.0 Å². The fourth-order valence-corrected chi connectivity index (χ4v) is 4.69. The number of rotatable bonds is 7. The van der Waals surface area contributed by atoms with Crippen molar-refractivity contribution in [2.45, 2.75) is 31.8 Å². The van der Waals surface area contributed by atoms with Gasteiger partial charge in [-0.3, -0.25) is 4.79 Å². The molecule has 1 N–H and O–H groups in total. The molecule has 8 heteroatoms. The third kappa shape index (κ3) is 5.38. The van der Waals surface area contributed by atoms with Gasteiger partial charge in [0.25, 0.3) is 5.91 Å². The minimum Gasteiger partial charge on any atom is -0.481 e. The topological polar surface area (TPSA) is 79.0 Å². The number of carbonyl (C=O) groups is 1. The van der Waals surface area contributed by atoms with Gasteiger partial charge in [-0.1, -0.05) is 24.6 Å². The molecule has 1 aliphatic rings. The van der Waals surface area contributed by atoms with Crippen molar-refractivity contribution in [2.75, 3.05) is 38.0 Å². The summed E-state index contributed by atoms with van der Waals surface area (Å²) in [5.41, 5.74) is 1.64. The Kier molecular flexibility index (Phi) is 7.12. The third-order valence-corrected chi connectivity index (χ3v) is 7.15. The molecule has 2 aromatic rings. The van der Waals surface area contributed by atoms with E-state index in [1.807, 2.05) is 31.2 Å². The zero-order valence-electron chi connectivity index (χ0n) is 17.7. The summed E-state index contributed by atoms with van der Waals surface area (Å²) in [7, 11) is -3.53. The van der Waals surface area contributed by atoms with Crippen molar-refractivity contribution in [3.63, 3.8) is 0 Å². The summed E-state index contributed by atoms with van der Waals surface area (Å²) in [6, 6.07) is 13.7. The maximum Gasteiger partial charge on any atom is 0.265 e. The highest BCUT2D eigenvalue weighted by Gasteiger charge is 2.28. The minimum atomic E-state index is -3.53. The zero-order valence-corrected chi connectivity index (χ0v) is 18.5. The standard InChI is InChI=1S/C22H29N3O4S/c1-4-24-13-15-25(16-14-24)30(27,28)21-11-7-19(8-12-21)23-22(26)18(3)29-20-9-5-17(2)6-10-20/h5-12,18H,4,13-16H2,1-3H3,(H,23,26)/t18-/m1/s1. The highest BCUT2D eigenvalue weighted by atomic mass is 32.2. The number of nitrogens with one attached hydrogen (secondary N) is 1. The molecule has 30 heavy (non-hydrogen) atoms. The number of sulfonamides is 1. The van der Waals surface area contributed by atoms with Crippen molar-refractivity contribution >= 4 is 21.6 Å². The van der Waals surface area contributed by atoms with Gasteiger partial charge in [-0.25, -0.2) is 8.42 Å². The molecule has 0 unspecified atom stereocenters. The van der Waals surface area contributed by atoms with Gasteiger partial charge in [-0.15, -0.1) is 0 Å². The van der Waals surface area contributed by atoms with E-state index in [0.29, 0.717) is 24.5 Å². The number of nitrogens with zero attached hydrogens (tertiary/aromatic N) is 2. The minimum absolute atomic E-state index is 0.231. The largest absolute Gasteiger partial charge is 0.481 e. The lowest BCUT2D eigenvalue weighted by molar-refractivity contribution is -0.122. The quantitative estimate of drug-likeness (QED) is 0.729. The van der Waals surface area contributed by atoms with Crippen molar-refractivity contribution < 1.29 is 17.9 Å². The Balaban J connectivity index is 1.59. The average Bonchev–Trinajstić information content (AvgIpc) is 2.75. The van der Waals surface area contributed by atoms with Crippen LogP contribution in [0.1, 0.15) is 19.4 Å². The van der Waals surface area contributed by atoms with E-state index in [9.17, 15) is 13.2 Å². The van der Waals surface area contributed by atoms with Gasteiger partial charge in [0, 0.05) is 31.9 Å². The molecule has 1 atom stereocenters. The lowest BCUT2D eigenvalue weighted by atomic mass is 10.2. The number of hydrogen-bond acceptors (Lipinski definition) is 5. The SMILES string of the molecule is CCN1CCN(S(=O)(=O)c2ccc(NC(=O)[C@@H](C)Oc3ccc(C)cc3)cc2)CC1. The molecule has 0 aromatic heterocycles. The van der Waals surface area contributed by atoms with Crippen molar-refractivity contribution in [1.82, 2.24) is 9.21 Å². The summed E-state index contributed by atoms with van der Waals surface area (Å²) in [5.74, 6) is 0.315. The first kappa shape index (κ1) is 22.3. The number of amides is 1. The Hall–Kier alpha value is -2.42. The van der Waals surface area contributed by atoms with Crippen molar-refractivity contribution in [1.29, 1.82) is 0 Å². The number of likely N-dealkylation sites (N-methyl/N-ethyl adjacent to an activating group) is 1. The molecule has 1 aliphatic heterocycles. The van der Waals surface area contributed by atoms with Crippen LogP contribution in [-0.2, 0) is 14.8 Å². The van der Waals surface area contributed by atoms with E-state index in [1.165, 1.54) is 16.4 Å². The van der Waals surface area contributed by atoms with Crippen LogP contribution >= 0.6 is 0 Å². The number of carbonyl (C=O) groups excluding carboxylic acids is 1. The number of benzene rings is 2. The third-order valence-electron chi connectivity index (χ3n) is 5.24. The van der Waals surface area contributed by atoms with Gasteiger partial charge in [-0.2, -0.15) is 4.31 Å². The predicted molar refractivity (Wildman–Crippen MR) is 117 cm³/mol. The Morgan fingerprint density at radius 3 is 2.20 bits per heavy atom. The van der Waals surface area contributed by atoms with Gasteiger partial charge in [0.2, 0.25) is 10.0 Å². The van der Waals surface area contributed by atoms with Gasteiger partial charge in [0.1, 0.15) is 5.75 Å². The van der Waals surface area contributed by atoms with Crippen LogP contribution in [0.2, 0.25) is 0 Å². The lowest BCUT2D eigenvalue weighted by Crippen LogP contribution is -2.48. The molecular weight excluding hydrogens is 402 g/mol. The smallest absolute Gasteiger partial charge is 0.265 e. The summed E-state index contributed by atoms with van der Waals surface area (Å²) in [4.78, 5) is 14.9. The van der Waals surface area contributed by atoms with Gasteiger partial charge in [0.15, 0.2) is 6.10 Å². The molecule has 7 nitrogen and oxygen atoms in total. The Labute approximate surface area is 178 Å². The molecule has 3 rings (SSSR count). The highest BCUT2D eigenvalue weighted by Crippen LogP contribution is 2.20. The normalized spacial score (nSPS) is 16.8. The van der Waals surface area contributed by atoms with E-state index in [2.05, 4.69) is 17.1 Å². The van der Waals surface area contributed by atoms with Crippen LogP contribution in [-0.4, -0.2) is 62.4 Å². The summed E-state index contributed by atoms with van der Waals surface area (Å²) >= 11 is 0. The van der Waals surface area contributed by atoms with E-state index in [0.717, 1.165) is 25.2 Å². The second-order valence-electron chi connectivity index (χ2n) is 7.43. The molecule has 0 spiro atoms. The van der Waals surface area contributed by atoms with E-state index >= 15 is 0 Å². The Morgan fingerprint density at radius 2 is 1.63 bits per heavy atom. The predicted octanol–water partition coefficient (Wildman–Crippen LogP) is 2.73. The maximum absolute atomic E-state index is 12.9. The molecule has 1 heterocycles.